The highest BCUT2D eigenvalue weighted by Crippen LogP contribution is 2.18. The molecule has 0 aliphatic rings. The van der Waals surface area contributed by atoms with Crippen molar-refractivity contribution in [2.45, 2.75) is 6.42 Å². The first-order valence-corrected chi connectivity index (χ1v) is 4.52. The lowest BCUT2D eigenvalue weighted by atomic mass is 10.4. The molecule has 0 saturated heterocycles. The van der Waals surface area contributed by atoms with Crippen molar-refractivity contribution in [3.63, 3.8) is 0 Å². The molecule has 70 valence electrons. The fourth-order valence-corrected chi connectivity index (χ4v) is 1.05. The van der Waals surface area contributed by atoms with Crippen molar-refractivity contribution in [1.29, 1.82) is 0 Å². The molecule has 0 bridgehead atoms. The summed E-state index contributed by atoms with van der Waals surface area (Å²) in [6.45, 7) is 4.33. The van der Waals surface area contributed by atoms with E-state index < -0.39 is 0 Å². The van der Waals surface area contributed by atoms with Crippen LogP contribution in [-0.2, 0) is 0 Å². The molecule has 1 aromatic rings. The molecule has 0 radical (unpaired) electrons. The minimum absolute atomic E-state index is 0.186. The minimum Gasteiger partial charge on any atom is -0.368 e. The third kappa shape index (κ3) is 3.20. The lowest BCUT2D eigenvalue weighted by molar-refractivity contribution is 1.04. The maximum absolute atomic E-state index is 5.80. The highest BCUT2D eigenvalue weighted by Gasteiger charge is 2.01. The van der Waals surface area contributed by atoms with E-state index in [0.717, 1.165) is 13.0 Å². The van der Waals surface area contributed by atoms with Crippen molar-refractivity contribution in [1.82, 2.24) is 9.97 Å². The van der Waals surface area contributed by atoms with Crippen molar-refractivity contribution in [3.05, 3.63) is 29.2 Å². The molecule has 0 unspecified atom stereocenters. The van der Waals surface area contributed by atoms with Gasteiger partial charge < -0.3 is 5.32 Å². The number of halogens is 2. The number of nitrogens with zero attached hydrogens (tertiary/aromatic N) is 2. The van der Waals surface area contributed by atoms with Crippen LogP contribution in [0, 0.1) is 0 Å². The molecule has 0 aliphatic heterocycles. The van der Waals surface area contributed by atoms with Gasteiger partial charge in [-0.3, -0.25) is 0 Å². The SMILES string of the molecule is C=CCCNc1nc(Cl)ncc1Cl. The predicted octanol–water partition coefficient (Wildman–Crippen LogP) is 2.77. The Morgan fingerprint density at radius 2 is 2.31 bits per heavy atom. The number of aromatic nitrogens is 2. The first-order valence-electron chi connectivity index (χ1n) is 3.77. The molecule has 1 aromatic heterocycles. The quantitative estimate of drug-likeness (QED) is 0.479. The summed E-state index contributed by atoms with van der Waals surface area (Å²) in [7, 11) is 0. The fourth-order valence-electron chi connectivity index (χ4n) is 0.762. The van der Waals surface area contributed by atoms with Gasteiger partial charge in [0.2, 0.25) is 5.28 Å². The second-order valence-electron chi connectivity index (χ2n) is 2.34. The molecular formula is C8H9Cl2N3. The number of hydrogen-bond donors (Lipinski definition) is 1. The van der Waals surface area contributed by atoms with Crippen LogP contribution in [0.2, 0.25) is 10.3 Å². The Kier molecular flexibility index (Phi) is 3.99. The lowest BCUT2D eigenvalue weighted by Crippen LogP contribution is -2.03. The number of hydrogen-bond acceptors (Lipinski definition) is 3. The molecular weight excluding hydrogens is 209 g/mol. The maximum atomic E-state index is 5.80. The summed E-state index contributed by atoms with van der Waals surface area (Å²) in [5.41, 5.74) is 0. The fraction of sp³-hybridized carbons (Fsp3) is 0.250. The number of anilines is 1. The van der Waals surface area contributed by atoms with Crippen LogP contribution >= 0.6 is 23.2 Å². The first kappa shape index (κ1) is 10.3. The summed E-state index contributed by atoms with van der Waals surface area (Å²) >= 11 is 11.4. The summed E-state index contributed by atoms with van der Waals surface area (Å²) in [5, 5.41) is 3.67. The van der Waals surface area contributed by atoms with Gasteiger partial charge in [0, 0.05) is 6.54 Å². The lowest BCUT2D eigenvalue weighted by Gasteiger charge is -2.04. The smallest absolute Gasteiger partial charge is 0.224 e. The van der Waals surface area contributed by atoms with Gasteiger partial charge >= 0.3 is 0 Å². The van der Waals surface area contributed by atoms with E-state index in [9.17, 15) is 0 Å². The summed E-state index contributed by atoms with van der Waals surface area (Å²) in [6.07, 6.45) is 4.12. The second kappa shape index (κ2) is 5.04. The standard InChI is InChI=1S/C8H9Cl2N3/c1-2-3-4-11-7-6(9)5-12-8(10)13-7/h2,5H,1,3-4H2,(H,11,12,13). The predicted molar refractivity (Wildman–Crippen MR) is 55.4 cm³/mol. The van der Waals surface area contributed by atoms with Gasteiger partial charge in [0.25, 0.3) is 0 Å². The first-order chi connectivity index (χ1) is 6.24. The molecule has 0 spiro atoms. The van der Waals surface area contributed by atoms with Crippen LogP contribution < -0.4 is 5.32 Å². The van der Waals surface area contributed by atoms with Gasteiger partial charge in [-0.1, -0.05) is 17.7 Å². The molecule has 1 rings (SSSR count). The Morgan fingerprint density at radius 1 is 1.54 bits per heavy atom. The topological polar surface area (TPSA) is 37.8 Å². The van der Waals surface area contributed by atoms with Crippen molar-refractivity contribution in [3.8, 4) is 0 Å². The molecule has 3 nitrogen and oxygen atoms in total. The average molecular weight is 218 g/mol. The molecule has 5 heteroatoms. The molecule has 0 aliphatic carbocycles. The van der Waals surface area contributed by atoms with Gasteiger partial charge in [-0.05, 0) is 18.0 Å². The minimum atomic E-state index is 0.186. The van der Waals surface area contributed by atoms with Crippen molar-refractivity contribution >= 4 is 29.0 Å². The van der Waals surface area contributed by atoms with Crippen LogP contribution in [0.3, 0.4) is 0 Å². The third-order valence-corrected chi connectivity index (χ3v) is 1.81. The Labute approximate surface area is 86.8 Å². The zero-order valence-electron chi connectivity index (χ0n) is 6.93. The average Bonchev–Trinajstić information content (AvgIpc) is 2.11. The molecule has 1 heterocycles. The van der Waals surface area contributed by atoms with Gasteiger partial charge in [0.15, 0.2) is 0 Å². The van der Waals surface area contributed by atoms with Gasteiger partial charge in [0.1, 0.15) is 10.8 Å². The van der Waals surface area contributed by atoms with E-state index in [1.807, 2.05) is 6.08 Å². The molecule has 0 saturated carbocycles. The van der Waals surface area contributed by atoms with Gasteiger partial charge in [0.05, 0.1) is 6.20 Å². The molecule has 0 amide bonds. The Hall–Kier alpha value is -0.800. The van der Waals surface area contributed by atoms with Gasteiger partial charge in [-0.25, -0.2) is 4.98 Å². The number of nitrogens with one attached hydrogen (secondary N) is 1. The highest BCUT2D eigenvalue weighted by atomic mass is 35.5. The second-order valence-corrected chi connectivity index (χ2v) is 3.08. The van der Waals surface area contributed by atoms with Crippen LogP contribution in [0.25, 0.3) is 0 Å². The molecule has 0 fully saturated rings. The van der Waals surface area contributed by atoms with Crippen LogP contribution in [0.4, 0.5) is 5.82 Å². The van der Waals surface area contributed by atoms with Crippen molar-refractivity contribution in [2.24, 2.45) is 0 Å². The largest absolute Gasteiger partial charge is 0.368 e. The van der Waals surface area contributed by atoms with E-state index in [1.165, 1.54) is 6.20 Å². The zero-order valence-corrected chi connectivity index (χ0v) is 8.44. The van der Waals surface area contributed by atoms with Crippen molar-refractivity contribution in [2.75, 3.05) is 11.9 Å². The maximum Gasteiger partial charge on any atom is 0.224 e. The van der Waals surface area contributed by atoms with Crippen LogP contribution in [0.15, 0.2) is 18.9 Å². The van der Waals surface area contributed by atoms with Crippen molar-refractivity contribution < 1.29 is 0 Å². The molecule has 13 heavy (non-hydrogen) atoms. The van der Waals surface area contributed by atoms with Crippen LogP contribution in [-0.4, -0.2) is 16.5 Å². The van der Waals surface area contributed by atoms with E-state index in [0.29, 0.717) is 10.8 Å². The van der Waals surface area contributed by atoms with Crippen LogP contribution in [0.1, 0.15) is 6.42 Å². The summed E-state index contributed by atoms with van der Waals surface area (Å²) in [4.78, 5) is 7.65. The monoisotopic (exact) mass is 217 g/mol. The van der Waals surface area contributed by atoms with Gasteiger partial charge in [-0.2, -0.15) is 4.98 Å². The summed E-state index contributed by atoms with van der Waals surface area (Å²) < 4.78 is 0. The van der Waals surface area contributed by atoms with E-state index in [1.54, 1.807) is 0 Å². The van der Waals surface area contributed by atoms with E-state index in [2.05, 4.69) is 21.9 Å². The molecule has 0 atom stereocenters. The van der Waals surface area contributed by atoms with E-state index in [4.69, 9.17) is 23.2 Å². The van der Waals surface area contributed by atoms with Gasteiger partial charge in [-0.15, -0.1) is 6.58 Å². The summed E-state index contributed by atoms with van der Waals surface area (Å²) in [6, 6.07) is 0. The molecule has 0 aromatic carbocycles. The highest BCUT2D eigenvalue weighted by molar-refractivity contribution is 6.33. The Bertz CT molecular complexity index is 301. The normalized spacial score (nSPS) is 9.69. The Balaban J connectivity index is 2.64. The van der Waals surface area contributed by atoms with Crippen LogP contribution in [0.5, 0.6) is 0 Å². The number of rotatable bonds is 4. The van der Waals surface area contributed by atoms with E-state index >= 15 is 0 Å². The third-order valence-electron chi connectivity index (χ3n) is 1.36. The summed E-state index contributed by atoms with van der Waals surface area (Å²) in [5.74, 6) is 0.559. The molecule has 1 N–H and O–H groups in total. The Morgan fingerprint density at radius 3 is 3.00 bits per heavy atom. The van der Waals surface area contributed by atoms with E-state index in [-0.39, 0.29) is 5.28 Å². The zero-order chi connectivity index (χ0) is 9.68.